The molecule has 0 aromatic carbocycles. The largest absolute Gasteiger partial charge is 0.323 e. The summed E-state index contributed by atoms with van der Waals surface area (Å²) in [4.78, 5) is 4.32. The SMILES string of the molecule is CCCC(C)CC(N)c1ncccc1Br. The molecule has 0 bridgehead atoms. The van der Waals surface area contributed by atoms with E-state index < -0.39 is 0 Å². The summed E-state index contributed by atoms with van der Waals surface area (Å²) in [5.41, 5.74) is 7.11. The highest BCUT2D eigenvalue weighted by Crippen LogP contribution is 2.25. The summed E-state index contributed by atoms with van der Waals surface area (Å²) in [7, 11) is 0. The fourth-order valence-electron chi connectivity index (χ4n) is 1.83. The molecule has 0 radical (unpaired) electrons. The second kappa shape index (κ2) is 6.23. The van der Waals surface area contributed by atoms with Gasteiger partial charge in [-0.25, -0.2) is 0 Å². The summed E-state index contributed by atoms with van der Waals surface area (Å²) in [6.45, 7) is 4.46. The highest BCUT2D eigenvalue weighted by molar-refractivity contribution is 9.10. The van der Waals surface area contributed by atoms with Gasteiger partial charge in [-0.3, -0.25) is 4.98 Å². The Morgan fingerprint density at radius 2 is 2.27 bits per heavy atom. The molecule has 0 aliphatic carbocycles. The van der Waals surface area contributed by atoms with Crippen LogP contribution in [0.1, 0.15) is 44.8 Å². The molecule has 1 aromatic heterocycles. The predicted octanol–water partition coefficient (Wildman–Crippen LogP) is 3.67. The molecule has 3 heteroatoms. The Bertz CT molecular complexity index is 301. The first kappa shape index (κ1) is 12.7. The number of rotatable bonds is 5. The molecule has 1 rings (SSSR count). The molecule has 0 amide bonds. The van der Waals surface area contributed by atoms with E-state index in [2.05, 4.69) is 34.8 Å². The molecular formula is C12H19BrN2. The molecule has 1 heterocycles. The Morgan fingerprint density at radius 3 is 2.87 bits per heavy atom. The van der Waals surface area contributed by atoms with Crippen LogP contribution in [0.5, 0.6) is 0 Å². The molecule has 2 unspecified atom stereocenters. The van der Waals surface area contributed by atoms with E-state index in [4.69, 9.17) is 5.73 Å². The van der Waals surface area contributed by atoms with Gasteiger partial charge in [-0.05, 0) is 40.4 Å². The molecule has 0 spiro atoms. The van der Waals surface area contributed by atoms with Crippen LogP contribution in [0.2, 0.25) is 0 Å². The number of hydrogen-bond donors (Lipinski definition) is 1. The molecule has 2 N–H and O–H groups in total. The lowest BCUT2D eigenvalue weighted by atomic mass is 9.96. The third-order valence-electron chi connectivity index (χ3n) is 2.58. The van der Waals surface area contributed by atoms with Crippen molar-refractivity contribution in [3.63, 3.8) is 0 Å². The summed E-state index contributed by atoms with van der Waals surface area (Å²) >= 11 is 3.48. The van der Waals surface area contributed by atoms with Crippen molar-refractivity contribution in [2.45, 2.75) is 39.2 Å². The Kier molecular flexibility index (Phi) is 5.26. The van der Waals surface area contributed by atoms with Gasteiger partial charge in [0.15, 0.2) is 0 Å². The summed E-state index contributed by atoms with van der Waals surface area (Å²) in [5.74, 6) is 0.666. The molecule has 0 saturated heterocycles. The standard InChI is InChI=1S/C12H19BrN2/c1-3-5-9(2)8-11(14)12-10(13)6-4-7-15-12/h4,6-7,9,11H,3,5,8,14H2,1-2H3. The lowest BCUT2D eigenvalue weighted by Gasteiger charge is -2.17. The maximum Gasteiger partial charge on any atom is 0.0712 e. The van der Waals surface area contributed by atoms with Crippen molar-refractivity contribution >= 4 is 15.9 Å². The van der Waals surface area contributed by atoms with Crippen LogP contribution in [0, 0.1) is 5.92 Å². The van der Waals surface area contributed by atoms with Crippen LogP contribution in [0.3, 0.4) is 0 Å². The molecule has 1 aromatic rings. The van der Waals surface area contributed by atoms with Gasteiger partial charge in [-0.1, -0.05) is 26.7 Å². The predicted molar refractivity (Wildman–Crippen MR) is 67.6 cm³/mol. The van der Waals surface area contributed by atoms with Gasteiger partial charge < -0.3 is 5.73 Å². The summed E-state index contributed by atoms with van der Waals surface area (Å²) in [6.07, 6.45) is 5.25. The van der Waals surface area contributed by atoms with E-state index in [1.165, 1.54) is 12.8 Å². The Morgan fingerprint density at radius 1 is 1.53 bits per heavy atom. The zero-order valence-electron chi connectivity index (χ0n) is 9.41. The molecule has 2 atom stereocenters. The second-order valence-corrected chi connectivity index (χ2v) is 4.96. The Hall–Kier alpha value is -0.410. The number of aromatic nitrogens is 1. The van der Waals surface area contributed by atoms with Gasteiger partial charge in [-0.15, -0.1) is 0 Å². The van der Waals surface area contributed by atoms with E-state index in [1.54, 1.807) is 6.20 Å². The number of nitrogens with zero attached hydrogens (tertiary/aromatic N) is 1. The van der Waals surface area contributed by atoms with Gasteiger partial charge in [0.25, 0.3) is 0 Å². The van der Waals surface area contributed by atoms with Crippen LogP contribution >= 0.6 is 15.9 Å². The van der Waals surface area contributed by atoms with Crippen molar-refractivity contribution in [1.82, 2.24) is 4.98 Å². The number of pyridine rings is 1. The maximum absolute atomic E-state index is 6.13. The maximum atomic E-state index is 6.13. The van der Waals surface area contributed by atoms with Gasteiger partial charge in [-0.2, -0.15) is 0 Å². The molecule has 0 aliphatic heterocycles. The van der Waals surface area contributed by atoms with E-state index in [-0.39, 0.29) is 6.04 Å². The molecule has 0 fully saturated rings. The van der Waals surface area contributed by atoms with E-state index in [0.29, 0.717) is 5.92 Å². The Labute approximate surface area is 100 Å². The van der Waals surface area contributed by atoms with E-state index in [0.717, 1.165) is 16.6 Å². The number of hydrogen-bond acceptors (Lipinski definition) is 2. The third kappa shape index (κ3) is 3.92. The van der Waals surface area contributed by atoms with Crippen molar-refractivity contribution < 1.29 is 0 Å². The van der Waals surface area contributed by atoms with Crippen molar-refractivity contribution in [1.29, 1.82) is 0 Å². The number of halogens is 1. The average Bonchev–Trinajstić information content (AvgIpc) is 2.18. The normalized spacial score (nSPS) is 14.9. The summed E-state index contributed by atoms with van der Waals surface area (Å²) in [5, 5.41) is 0. The van der Waals surface area contributed by atoms with Crippen molar-refractivity contribution in [3.05, 3.63) is 28.5 Å². The minimum atomic E-state index is 0.0436. The van der Waals surface area contributed by atoms with Crippen molar-refractivity contribution in [2.24, 2.45) is 11.7 Å². The average molecular weight is 271 g/mol. The van der Waals surface area contributed by atoms with Crippen LogP contribution < -0.4 is 5.73 Å². The van der Waals surface area contributed by atoms with Crippen LogP contribution in [-0.4, -0.2) is 4.98 Å². The van der Waals surface area contributed by atoms with E-state index in [9.17, 15) is 0 Å². The Balaban J connectivity index is 2.61. The molecular weight excluding hydrogens is 252 g/mol. The number of nitrogens with two attached hydrogens (primary N) is 1. The van der Waals surface area contributed by atoms with E-state index in [1.807, 2.05) is 12.1 Å². The zero-order valence-corrected chi connectivity index (χ0v) is 11.0. The molecule has 84 valence electrons. The van der Waals surface area contributed by atoms with Gasteiger partial charge in [0, 0.05) is 16.7 Å². The summed E-state index contributed by atoms with van der Waals surface area (Å²) < 4.78 is 1.01. The monoisotopic (exact) mass is 270 g/mol. The van der Waals surface area contributed by atoms with E-state index >= 15 is 0 Å². The van der Waals surface area contributed by atoms with Gasteiger partial charge >= 0.3 is 0 Å². The lowest BCUT2D eigenvalue weighted by molar-refractivity contribution is 0.435. The van der Waals surface area contributed by atoms with Gasteiger partial charge in [0.05, 0.1) is 5.69 Å². The molecule has 2 nitrogen and oxygen atoms in total. The van der Waals surface area contributed by atoms with Crippen molar-refractivity contribution in [2.75, 3.05) is 0 Å². The quantitative estimate of drug-likeness (QED) is 0.887. The lowest BCUT2D eigenvalue weighted by Crippen LogP contribution is -2.16. The first-order valence-electron chi connectivity index (χ1n) is 5.51. The highest BCUT2D eigenvalue weighted by atomic mass is 79.9. The second-order valence-electron chi connectivity index (χ2n) is 4.11. The fraction of sp³-hybridized carbons (Fsp3) is 0.583. The molecule has 15 heavy (non-hydrogen) atoms. The third-order valence-corrected chi connectivity index (χ3v) is 3.25. The van der Waals surface area contributed by atoms with Crippen LogP contribution in [0.15, 0.2) is 22.8 Å². The topological polar surface area (TPSA) is 38.9 Å². The van der Waals surface area contributed by atoms with Gasteiger partial charge in [0.1, 0.15) is 0 Å². The highest BCUT2D eigenvalue weighted by Gasteiger charge is 2.14. The van der Waals surface area contributed by atoms with Crippen LogP contribution in [0.25, 0.3) is 0 Å². The molecule has 0 saturated carbocycles. The fourth-order valence-corrected chi connectivity index (χ4v) is 2.38. The summed E-state index contributed by atoms with van der Waals surface area (Å²) in [6, 6.07) is 3.95. The zero-order chi connectivity index (χ0) is 11.3. The first-order chi connectivity index (χ1) is 7.15. The first-order valence-corrected chi connectivity index (χ1v) is 6.30. The minimum absolute atomic E-state index is 0.0436. The van der Waals surface area contributed by atoms with Gasteiger partial charge in [0.2, 0.25) is 0 Å². The van der Waals surface area contributed by atoms with Crippen LogP contribution in [-0.2, 0) is 0 Å². The van der Waals surface area contributed by atoms with Crippen LogP contribution in [0.4, 0.5) is 0 Å². The molecule has 0 aliphatic rings. The minimum Gasteiger partial charge on any atom is -0.323 e. The smallest absolute Gasteiger partial charge is 0.0712 e. The van der Waals surface area contributed by atoms with Crippen molar-refractivity contribution in [3.8, 4) is 0 Å².